The van der Waals surface area contributed by atoms with Crippen molar-refractivity contribution in [2.75, 3.05) is 6.54 Å². The van der Waals surface area contributed by atoms with E-state index in [1.54, 1.807) is 0 Å². The van der Waals surface area contributed by atoms with Crippen LogP contribution in [0.4, 0.5) is 0 Å². The lowest BCUT2D eigenvalue weighted by Crippen LogP contribution is -2.42. The summed E-state index contributed by atoms with van der Waals surface area (Å²) in [5.41, 5.74) is 2.61. The highest BCUT2D eigenvalue weighted by molar-refractivity contribution is 5.97. The lowest BCUT2D eigenvalue weighted by atomic mass is 10.0. The SMILES string of the molecule is Cc1cc(C)cc(C(=O)N2CCC(C)C2C(=O)O)c1. The van der Waals surface area contributed by atoms with Gasteiger partial charge < -0.3 is 10.0 Å². The summed E-state index contributed by atoms with van der Waals surface area (Å²) >= 11 is 0. The number of carboxylic acids is 1. The minimum atomic E-state index is -0.914. The maximum absolute atomic E-state index is 12.5. The first-order valence-electron chi connectivity index (χ1n) is 6.52. The zero-order valence-electron chi connectivity index (χ0n) is 11.5. The molecule has 2 atom stereocenters. The number of likely N-dealkylation sites (tertiary alicyclic amines) is 1. The largest absolute Gasteiger partial charge is 0.480 e. The topological polar surface area (TPSA) is 57.6 Å². The first kappa shape index (κ1) is 13.6. The summed E-state index contributed by atoms with van der Waals surface area (Å²) in [4.78, 5) is 25.3. The number of nitrogens with zero attached hydrogens (tertiary/aromatic N) is 1. The second-order valence-electron chi connectivity index (χ2n) is 5.42. The van der Waals surface area contributed by atoms with Gasteiger partial charge in [0.25, 0.3) is 5.91 Å². The summed E-state index contributed by atoms with van der Waals surface area (Å²) < 4.78 is 0. The molecular formula is C15H19NO3. The molecule has 0 radical (unpaired) electrons. The molecule has 4 nitrogen and oxygen atoms in total. The van der Waals surface area contributed by atoms with Gasteiger partial charge in [-0.05, 0) is 38.3 Å². The van der Waals surface area contributed by atoms with E-state index in [-0.39, 0.29) is 11.8 Å². The Balaban J connectivity index is 2.31. The summed E-state index contributed by atoms with van der Waals surface area (Å²) in [6, 6.07) is 4.93. The summed E-state index contributed by atoms with van der Waals surface area (Å²) in [6.45, 7) is 6.27. The normalized spacial score (nSPS) is 22.6. The van der Waals surface area contributed by atoms with Crippen molar-refractivity contribution in [3.8, 4) is 0 Å². The lowest BCUT2D eigenvalue weighted by molar-refractivity contribution is -0.142. The third-order valence-electron chi connectivity index (χ3n) is 3.68. The van der Waals surface area contributed by atoms with Gasteiger partial charge in [0.15, 0.2) is 0 Å². The molecular weight excluding hydrogens is 242 g/mol. The predicted molar refractivity (Wildman–Crippen MR) is 72.2 cm³/mol. The van der Waals surface area contributed by atoms with Gasteiger partial charge in [-0.1, -0.05) is 24.1 Å². The van der Waals surface area contributed by atoms with Crippen molar-refractivity contribution >= 4 is 11.9 Å². The van der Waals surface area contributed by atoms with Crippen LogP contribution in [0.2, 0.25) is 0 Å². The molecule has 1 fully saturated rings. The molecule has 0 spiro atoms. The van der Waals surface area contributed by atoms with Crippen molar-refractivity contribution in [1.29, 1.82) is 0 Å². The Kier molecular flexibility index (Phi) is 3.60. The van der Waals surface area contributed by atoms with E-state index in [1.807, 2.05) is 39.0 Å². The van der Waals surface area contributed by atoms with Crippen LogP contribution in [0, 0.1) is 19.8 Å². The van der Waals surface area contributed by atoms with Gasteiger partial charge in [0, 0.05) is 12.1 Å². The molecule has 1 aliphatic rings. The summed E-state index contributed by atoms with van der Waals surface area (Å²) in [6.07, 6.45) is 0.744. The Labute approximate surface area is 113 Å². The molecule has 1 heterocycles. The Morgan fingerprint density at radius 3 is 2.32 bits per heavy atom. The molecule has 2 rings (SSSR count). The van der Waals surface area contributed by atoms with Gasteiger partial charge in [-0.3, -0.25) is 4.79 Å². The van der Waals surface area contributed by atoms with Gasteiger partial charge in [-0.2, -0.15) is 0 Å². The van der Waals surface area contributed by atoms with Crippen molar-refractivity contribution in [1.82, 2.24) is 4.90 Å². The Morgan fingerprint density at radius 2 is 1.79 bits per heavy atom. The minimum Gasteiger partial charge on any atom is -0.480 e. The molecule has 0 aromatic heterocycles. The molecule has 0 aliphatic carbocycles. The van der Waals surface area contributed by atoms with E-state index in [4.69, 9.17) is 0 Å². The van der Waals surface area contributed by atoms with Gasteiger partial charge in [0.1, 0.15) is 6.04 Å². The Hall–Kier alpha value is -1.84. The zero-order chi connectivity index (χ0) is 14.2. The first-order chi connectivity index (χ1) is 8.90. The van der Waals surface area contributed by atoms with Crippen LogP contribution in [0.3, 0.4) is 0 Å². The lowest BCUT2D eigenvalue weighted by Gasteiger charge is -2.23. The van der Waals surface area contributed by atoms with E-state index in [0.29, 0.717) is 12.1 Å². The van der Waals surface area contributed by atoms with Crippen LogP contribution in [0.5, 0.6) is 0 Å². The average Bonchev–Trinajstić information content (AvgIpc) is 2.68. The molecule has 1 N–H and O–H groups in total. The zero-order valence-corrected chi connectivity index (χ0v) is 11.5. The number of hydrogen-bond acceptors (Lipinski definition) is 2. The molecule has 1 saturated heterocycles. The fourth-order valence-electron chi connectivity index (χ4n) is 2.82. The maximum atomic E-state index is 12.5. The van der Waals surface area contributed by atoms with Crippen molar-refractivity contribution < 1.29 is 14.7 Å². The number of carbonyl (C=O) groups is 2. The number of amides is 1. The Morgan fingerprint density at radius 1 is 1.21 bits per heavy atom. The van der Waals surface area contributed by atoms with Crippen molar-refractivity contribution in [2.24, 2.45) is 5.92 Å². The number of rotatable bonds is 2. The second kappa shape index (κ2) is 5.03. The van der Waals surface area contributed by atoms with E-state index in [2.05, 4.69) is 0 Å². The number of aliphatic carboxylic acids is 1. The highest BCUT2D eigenvalue weighted by atomic mass is 16.4. The highest BCUT2D eigenvalue weighted by Gasteiger charge is 2.39. The number of aryl methyl sites for hydroxylation is 2. The van der Waals surface area contributed by atoms with E-state index < -0.39 is 12.0 Å². The van der Waals surface area contributed by atoms with Gasteiger partial charge in [0.2, 0.25) is 0 Å². The standard InChI is InChI=1S/C15H19NO3/c1-9-6-10(2)8-12(7-9)14(17)16-5-4-11(3)13(16)15(18)19/h6-8,11,13H,4-5H2,1-3H3,(H,18,19). The van der Waals surface area contributed by atoms with Crippen LogP contribution in [-0.2, 0) is 4.79 Å². The summed E-state index contributed by atoms with van der Waals surface area (Å²) in [5.74, 6) is -1.08. The van der Waals surface area contributed by atoms with E-state index in [9.17, 15) is 14.7 Å². The van der Waals surface area contributed by atoms with Gasteiger partial charge in [-0.25, -0.2) is 4.79 Å². The average molecular weight is 261 g/mol. The van der Waals surface area contributed by atoms with Crippen molar-refractivity contribution in [2.45, 2.75) is 33.2 Å². The number of carboxylic acid groups (broad SMARTS) is 1. The molecule has 1 aromatic rings. The van der Waals surface area contributed by atoms with Crippen molar-refractivity contribution in [3.63, 3.8) is 0 Å². The fourth-order valence-corrected chi connectivity index (χ4v) is 2.82. The predicted octanol–water partition coefficient (Wildman–Crippen LogP) is 2.24. The molecule has 1 aromatic carbocycles. The molecule has 1 aliphatic heterocycles. The molecule has 0 saturated carbocycles. The van der Waals surface area contributed by atoms with Gasteiger partial charge in [0.05, 0.1) is 0 Å². The molecule has 0 bridgehead atoms. The summed E-state index contributed by atoms with van der Waals surface area (Å²) in [7, 11) is 0. The quantitative estimate of drug-likeness (QED) is 0.888. The van der Waals surface area contributed by atoms with E-state index in [1.165, 1.54) is 4.90 Å². The molecule has 4 heteroatoms. The Bertz CT molecular complexity index is 504. The number of benzene rings is 1. The van der Waals surface area contributed by atoms with E-state index >= 15 is 0 Å². The monoisotopic (exact) mass is 261 g/mol. The van der Waals surface area contributed by atoms with Crippen LogP contribution in [-0.4, -0.2) is 34.5 Å². The molecule has 1 amide bonds. The number of carbonyl (C=O) groups excluding carboxylic acids is 1. The van der Waals surface area contributed by atoms with Crippen LogP contribution >= 0.6 is 0 Å². The smallest absolute Gasteiger partial charge is 0.326 e. The van der Waals surface area contributed by atoms with Crippen LogP contribution in [0.15, 0.2) is 18.2 Å². The van der Waals surface area contributed by atoms with Gasteiger partial charge >= 0.3 is 5.97 Å². The van der Waals surface area contributed by atoms with E-state index in [0.717, 1.165) is 17.5 Å². The van der Waals surface area contributed by atoms with Gasteiger partial charge in [-0.15, -0.1) is 0 Å². The van der Waals surface area contributed by atoms with Crippen LogP contribution in [0.25, 0.3) is 0 Å². The molecule has 19 heavy (non-hydrogen) atoms. The van der Waals surface area contributed by atoms with Crippen LogP contribution < -0.4 is 0 Å². The molecule has 2 unspecified atom stereocenters. The highest BCUT2D eigenvalue weighted by Crippen LogP contribution is 2.26. The van der Waals surface area contributed by atoms with Crippen molar-refractivity contribution in [3.05, 3.63) is 34.9 Å². The summed E-state index contributed by atoms with van der Waals surface area (Å²) in [5, 5.41) is 9.27. The third kappa shape index (κ3) is 2.62. The fraction of sp³-hybridized carbons (Fsp3) is 0.467. The first-order valence-corrected chi connectivity index (χ1v) is 6.52. The second-order valence-corrected chi connectivity index (χ2v) is 5.42. The van der Waals surface area contributed by atoms with Crippen LogP contribution in [0.1, 0.15) is 34.8 Å². The maximum Gasteiger partial charge on any atom is 0.326 e. The third-order valence-corrected chi connectivity index (χ3v) is 3.68. The minimum absolute atomic E-state index is 0.00681. The number of hydrogen-bond donors (Lipinski definition) is 1. The molecule has 102 valence electrons.